The quantitative estimate of drug-likeness (QED) is 0.610. The van der Waals surface area contributed by atoms with Crippen LogP contribution in [0.3, 0.4) is 0 Å². The fourth-order valence-electron chi connectivity index (χ4n) is 2.58. The minimum Gasteiger partial charge on any atom is -0.503 e. The van der Waals surface area contributed by atoms with Crippen LogP contribution in [0.2, 0.25) is 0 Å². The first kappa shape index (κ1) is 20.5. The lowest BCUT2D eigenvalue weighted by Crippen LogP contribution is -2.31. The Kier molecular flexibility index (Phi) is 6.62. The normalized spacial score (nSPS) is 10.8. The average molecular weight is 393 g/mol. The average Bonchev–Trinajstić information content (AvgIpc) is 2.62. The van der Waals surface area contributed by atoms with Gasteiger partial charge >= 0.3 is 0 Å². The number of pyridine rings is 1. The fraction of sp³-hybridized carbons (Fsp3) is 0.333. The van der Waals surface area contributed by atoms with Crippen LogP contribution in [0.1, 0.15) is 35.1 Å². The van der Waals surface area contributed by atoms with Crippen LogP contribution in [0, 0.1) is 6.92 Å². The molecule has 146 valence electrons. The van der Waals surface area contributed by atoms with Crippen molar-refractivity contribution < 1.29 is 18.3 Å². The molecule has 0 atom stereocenters. The Hall–Kier alpha value is -2.81. The minimum absolute atomic E-state index is 0.151. The van der Waals surface area contributed by atoms with Gasteiger partial charge in [0, 0.05) is 25.4 Å². The standard InChI is InChI=1S/C18H23N3O5S/c1-4-9-19-18(24)16-17(23)15(22)10-14(20(16)3)11-21(27(25)26)13-7-5-12(2)6-8-13/h5-8,10,23,27H,4,9,11H2,1-3H3,(H,19,24). The third kappa shape index (κ3) is 4.68. The predicted octanol–water partition coefficient (Wildman–Crippen LogP) is 1.07. The van der Waals surface area contributed by atoms with E-state index in [-0.39, 0.29) is 17.9 Å². The lowest BCUT2D eigenvalue weighted by molar-refractivity contribution is 0.0940. The van der Waals surface area contributed by atoms with Crippen LogP contribution in [0.25, 0.3) is 0 Å². The van der Waals surface area contributed by atoms with Gasteiger partial charge in [0.1, 0.15) is 0 Å². The fourth-order valence-corrected chi connectivity index (χ4v) is 3.17. The van der Waals surface area contributed by atoms with Gasteiger partial charge in [-0.15, -0.1) is 0 Å². The van der Waals surface area contributed by atoms with Gasteiger partial charge in [-0.25, -0.2) is 8.42 Å². The highest BCUT2D eigenvalue weighted by Crippen LogP contribution is 2.20. The molecule has 2 aromatic rings. The molecule has 0 bridgehead atoms. The maximum absolute atomic E-state index is 12.3. The molecule has 0 radical (unpaired) electrons. The maximum Gasteiger partial charge on any atom is 0.271 e. The van der Waals surface area contributed by atoms with Crippen LogP contribution in [-0.2, 0) is 24.5 Å². The zero-order valence-electron chi connectivity index (χ0n) is 15.4. The summed E-state index contributed by atoms with van der Waals surface area (Å²) in [5.74, 6) is -1.26. The van der Waals surface area contributed by atoms with Crippen molar-refractivity contribution in [2.45, 2.75) is 26.8 Å². The number of nitrogens with zero attached hydrogens (tertiary/aromatic N) is 2. The number of nitrogens with one attached hydrogen (secondary N) is 1. The number of hydrogen-bond donors (Lipinski definition) is 3. The van der Waals surface area contributed by atoms with Crippen molar-refractivity contribution in [2.75, 3.05) is 10.8 Å². The molecule has 0 spiro atoms. The van der Waals surface area contributed by atoms with Crippen LogP contribution >= 0.6 is 0 Å². The summed E-state index contributed by atoms with van der Waals surface area (Å²) in [6, 6.07) is 8.01. The van der Waals surface area contributed by atoms with Gasteiger partial charge in [0.15, 0.2) is 11.4 Å². The number of aryl methyl sites for hydroxylation is 1. The van der Waals surface area contributed by atoms with Crippen LogP contribution in [-0.4, -0.2) is 30.5 Å². The molecule has 1 heterocycles. The largest absolute Gasteiger partial charge is 0.503 e. The van der Waals surface area contributed by atoms with Crippen molar-refractivity contribution in [1.29, 1.82) is 0 Å². The number of aromatic nitrogens is 1. The molecular weight excluding hydrogens is 370 g/mol. The molecule has 0 aliphatic heterocycles. The Labute approximate surface area is 159 Å². The second-order valence-electron chi connectivity index (χ2n) is 6.14. The number of amides is 1. The van der Waals surface area contributed by atoms with E-state index in [2.05, 4.69) is 5.32 Å². The van der Waals surface area contributed by atoms with E-state index in [1.807, 2.05) is 13.8 Å². The summed E-state index contributed by atoms with van der Waals surface area (Å²) in [7, 11) is -1.48. The first-order valence-electron chi connectivity index (χ1n) is 8.44. The number of carbonyl (C=O) groups is 1. The number of benzene rings is 1. The number of rotatable bonds is 7. The van der Waals surface area contributed by atoms with Crippen molar-refractivity contribution in [2.24, 2.45) is 7.05 Å². The zero-order valence-corrected chi connectivity index (χ0v) is 16.3. The Balaban J connectivity index is 2.48. The van der Waals surface area contributed by atoms with Gasteiger partial charge in [0.25, 0.3) is 5.91 Å². The molecule has 1 amide bonds. The summed E-state index contributed by atoms with van der Waals surface area (Å²) in [6.07, 6.45) is 0.692. The van der Waals surface area contributed by atoms with Gasteiger partial charge in [-0.05, 0) is 25.5 Å². The number of anilines is 1. The second-order valence-corrected chi connectivity index (χ2v) is 7.10. The highest BCUT2D eigenvalue weighted by Gasteiger charge is 2.21. The summed E-state index contributed by atoms with van der Waals surface area (Å²) >= 11 is 0. The molecule has 1 aromatic carbocycles. The van der Waals surface area contributed by atoms with Crippen LogP contribution in [0.5, 0.6) is 5.75 Å². The summed E-state index contributed by atoms with van der Waals surface area (Å²) < 4.78 is 26.0. The molecule has 0 aliphatic carbocycles. The van der Waals surface area contributed by atoms with Crippen LogP contribution in [0.15, 0.2) is 35.1 Å². The lowest BCUT2D eigenvalue weighted by Gasteiger charge is -2.21. The smallest absolute Gasteiger partial charge is 0.271 e. The van der Waals surface area contributed by atoms with Gasteiger partial charge in [0.05, 0.1) is 12.2 Å². The first-order chi connectivity index (χ1) is 12.8. The van der Waals surface area contributed by atoms with E-state index in [0.29, 0.717) is 18.7 Å². The van der Waals surface area contributed by atoms with Gasteiger partial charge in [-0.3, -0.25) is 13.9 Å². The van der Waals surface area contributed by atoms with Crippen LogP contribution < -0.4 is 15.1 Å². The number of carbonyl (C=O) groups excluding carboxylic acids is 1. The summed E-state index contributed by atoms with van der Waals surface area (Å²) in [5.41, 5.74) is 0.755. The molecule has 2 N–H and O–H groups in total. The topological polar surface area (TPSA) is 109 Å². The van der Waals surface area contributed by atoms with Gasteiger partial charge < -0.3 is 15.0 Å². The van der Waals surface area contributed by atoms with E-state index in [0.717, 1.165) is 15.9 Å². The van der Waals surface area contributed by atoms with Crippen molar-refractivity contribution >= 4 is 22.5 Å². The second kappa shape index (κ2) is 8.72. The molecule has 9 heteroatoms. The number of hydrogen-bond acceptors (Lipinski definition) is 5. The van der Waals surface area contributed by atoms with E-state index < -0.39 is 28.0 Å². The summed E-state index contributed by atoms with van der Waals surface area (Å²) in [5, 5.41) is 12.6. The van der Waals surface area contributed by atoms with Crippen molar-refractivity contribution in [3.8, 4) is 5.75 Å². The summed E-state index contributed by atoms with van der Waals surface area (Å²) in [6.45, 7) is 4.00. The number of aromatic hydroxyl groups is 1. The highest BCUT2D eigenvalue weighted by atomic mass is 32.2. The van der Waals surface area contributed by atoms with Crippen molar-refractivity contribution in [3.63, 3.8) is 0 Å². The molecule has 0 saturated carbocycles. The van der Waals surface area contributed by atoms with Crippen LogP contribution in [0.4, 0.5) is 5.69 Å². The van der Waals surface area contributed by atoms with Crippen molar-refractivity contribution in [3.05, 3.63) is 57.5 Å². The van der Waals surface area contributed by atoms with E-state index in [1.54, 1.807) is 24.3 Å². The third-order valence-electron chi connectivity index (χ3n) is 4.11. The molecule has 27 heavy (non-hydrogen) atoms. The molecule has 2 rings (SSSR count). The van der Waals surface area contributed by atoms with E-state index in [1.165, 1.54) is 11.6 Å². The molecular formula is C18H23N3O5S. The molecule has 0 unspecified atom stereocenters. The molecule has 0 aliphatic rings. The number of thiol groups is 1. The van der Waals surface area contributed by atoms with E-state index in [9.17, 15) is 23.1 Å². The minimum atomic E-state index is -2.98. The Bertz CT molecular complexity index is 956. The Morgan fingerprint density at radius 1 is 1.26 bits per heavy atom. The van der Waals surface area contributed by atoms with Gasteiger partial charge in [-0.2, -0.15) is 0 Å². The van der Waals surface area contributed by atoms with E-state index in [4.69, 9.17) is 0 Å². The molecule has 1 aromatic heterocycles. The van der Waals surface area contributed by atoms with Crippen molar-refractivity contribution in [1.82, 2.24) is 9.88 Å². The van der Waals surface area contributed by atoms with E-state index >= 15 is 0 Å². The summed E-state index contributed by atoms with van der Waals surface area (Å²) in [4.78, 5) is 24.4. The van der Waals surface area contributed by atoms with Gasteiger partial charge in [-0.1, -0.05) is 24.6 Å². The molecule has 8 nitrogen and oxygen atoms in total. The predicted molar refractivity (Wildman–Crippen MR) is 104 cm³/mol. The first-order valence-corrected chi connectivity index (χ1v) is 9.57. The lowest BCUT2D eigenvalue weighted by atomic mass is 10.2. The zero-order chi connectivity index (χ0) is 20.1. The third-order valence-corrected chi connectivity index (χ3v) is 4.88. The highest BCUT2D eigenvalue weighted by molar-refractivity contribution is 7.74. The van der Waals surface area contributed by atoms with Gasteiger partial charge in [0.2, 0.25) is 16.3 Å². The molecule has 0 fully saturated rings. The maximum atomic E-state index is 12.3. The Morgan fingerprint density at radius 3 is 2.44 bits per heavy atom. The molecule has 0 saturated heterocycles. The Morgan fingerprint density at radius 2 is 1.89 bits per heavy atom. The monoisotopic (exact) mass is 393 g/mol. The SMILES string of the molecule is CCCNC(=O)c1c(O)c(=O)cc(CN(c2ccc(C)cc2)[SH](=O)=O)n1C.